The summed E-state index contributed by atoms with van der Waals surface area (Å²) < 4.78 is 25.8. The van der Waals surface area contributed by atoms with Crippen LogP contribution in [0.5, 0.6) is 0 Å². The lowest BCUT2D eigenvalue weighted by Crippen LogP contribution is -2.05. The van der Waals surface area contributed by atoms with Crippen molar-refractivity contribution in [2.24, 2.45) is 5.92 Å². The third-order valence-electron chi connectivity index (χ3n) is 5.65. The molecule has 1 heterocycles. The molecule has 174 valence electrons. The predicted molar refractivity (Wildman–Crippen MR) is 129 cm³/mol. The maximum Gasteiger partial charge on any atom is 0.338 e. The minimum absolute atomic E-state index is 0.385. The Labute approximate surface area is 197 Å². The van der Waals surface area contributed by atoms with Crippen molar-refractivity contribution >= 4 is 5.97 Å². The third-order valence-corrected chi connectivity index (χ3v) is 5.65. The first-order valence-corrected chi connectivity index (χ1v) is 11.1. The topological polar surface area (TPSA) is 72.6 Å². The highest BCUT2D eigenvalue weighted by molar-refractivity contribution is 5.88. The molecule has 4 rings (SSSR count). The fraction of sp³-hybridized carbons (Fsp3) is 0.214. The van der Waals surface area contributed by atoms with Crippen molar-refractivity contribution in [2.45, 2.75) is 27.4 Å². The average molecular weight is 460 g/mol. The van der Waals surface area contributed by atoms with Crippen molar-refractivity contribution in [2.75, 3.05) is 6.61 Å². The van der Waals surface area contributed by atoms with Crippen molar-refractivity contribution in [1.29, 1.82) is 0 Å². The summed E-state index contributed by atoms with van der Waals surface area (Å²) in [4.78, 5) is 11.1. The van der Waals surface area contributed by atoms with Crippen LogP contribution >= 0.6 is 0 Å². The van der Waals surface area contributed by atoms with Gasteiger partial charge in [0.15, 0.2) is 5.76 Å². The zero-order valence-electron chi connectivity index (χ0n) is 19.3. The van der Waals surface area contributed by atoms with Gasteiger partial charge in [0, 0.05) is 23.8 Å². The molecule has 0 saturated carbocycles. The summed E-state index contributed by atoms with van der Waals surface area (Å²) in [5, 5.41) is 13.2. The van der Waals surface area contributed by atoms with Gasteiger partial charge < -0.3 is 14.4 Å². The largest absolute Gasteiger partial charge is 0.478 e. The molecular weight excluding hydrogens is 433 g/mol. The second kappa shape index (κ2) is 10.0. The summed E-state index contributed by atoms with van der Waals surface area (Å²) >= 11 is 0. The van der Waals surface area contributed by atoms with Crippen LogP contribution in [0.4, 0.5) is 4.39 Å². The van der Waals surface area contributed by atoms with Crippen LogP contribution in [-0.2, 0) is 11.3 Å². The summed E-state index contributed by atoms with van der Waals surface area (Å²) in [6.07, 6.45) is 0. The highest BCUT2D eigenvalue weighted by Gasteiger charge is 2.18. The van der Waals surface area contributed by atoms with E-state index in [0.717, 1.165) is 33.9 Å². The number of ether oxygens (including phenoxy) is 1. The van der Waals surface area contributed by atoms with Crippen LogP contribution in [-0.4, -0.2) is 22.8 Å². The van der Waals surface area contributed by atoms with Crippen LogP contribution in [0, 0.1) is 18.7 Å². The smallest absolute Gasteiger partial charge is 0.338 e. The van der Waals surface area contributed by atoms with Crippen molar-refractivity contribution in [3.8, 4) is 33.7 Å². The van der Waals surface area contributed by atoms with Gasteiger partial charge in [-0.25, -0.2) is 9.18 Å². The fourth-order valence-electron chi connectivity index (χ4n) is 3.89. The number of benzene rings is 3. The number of carboxylic acids is 1. The van der Waals surface area contributed by atoms with Crippen LogP contribution in [0.1, 0.15) is 35.3 Å². The molecule has 4 aromatic rings. The van der Waals surface area contributed by atoms with Crippen molar-refractivity contribution < 1.29 is 23.6 Å². The second-order valence-electron chi connectivity index (χ2n) is 8.62. The molecule has 0 amide bonds. The summed E-state index contributed by atoms with van der Waals surface area (Å²) in [5.41, 5.74) is 5.63. The maximum absolute atomic E-state index is 14.2. The Morgan fingerprint density at radius 3 is 2.44 bits per heavy atom. The van der Waals surface area contributed by atoms with Crippen molar-refractivity contribution in [3.05, 3.63) is 89.2 Å². The summed E-state index contributed by atoms with van der Waals surface area (Å²) in [6, 6.07) is 19.8. The van der Waals surface area contributed by atoms with Gasteiger partial charge in [0.2, 0.25) is 0 Å². The minimum atomic E-state index is -1.31. The number of aromatic nitrogens is 1. The van der Waals surface area contributed by atoms with Gasteiger partial charge in [-0.3, -0.25) is 0 Å². The zero-order chi connectivity index (χ0) is 24.2. The molecule has 5 nitrogen and oxygen atoms in total. The van der Waals surface area contributed by atoms with Gasteiger partial charge in [-0.2, -0.15) is 0 Å². The molecule has 34 heavy (non-hydrogen) atoms. The number of nitrogens with zero attached hydrogens (tertiary/aromatic N) is 1. The molecule has 0 atom stereocenters. The van der Waals surface area contributed by atoms with Gasteiger partial charge in [0.25, 0.3) is 0 Å². The van der Waals surface area contributed by atoms with E-state index < -0.39 is 11.8 Å². The first kappa shape index (κ1) is 23.4. The number of carboxylic acid groups (broad SMARTS) is 1. The molecular formula is C28H26FNO4. The van der Waals surface area contributed by atoms with Crippen LogP contribution in [0.3, 0.4) is 0 Å². The van der Waals surface area contributed by atoms with Gasteiger partial charge in [0.05, 0.1) is 12.2 Å². The van der Waals surface area contributed by atoms with E-state index in [4.69, 9.17) is 14.4 Å². The van der Waals surface area contributed by atoms with E-state index in [1.54, 1.807) is 6.07 Å². The van der Waals surface area contributed by atoms with Crippen molar-refractivity contribution in [3.63, 3.8) is 0 Å². The Hall–Kier alpha value is -3.77. The van der Waals surface area contributed by atoms with Gasteiger partial charge in [-0.15, -0.1) is 0 Å². The molecule has 0 saturated heterocycles. The number of aromatic carboxylic acids is 1. The van der Waals surface area contributed by atoms with Crippen LogP contribution in [0.15, 0.2) is 71.3 Å². The van der Waals surface area contributed by atoms with Gasteiger partial charge in [0.1, 0.15) is 11.5 Å². The Morgan fingerprint density at radius 2 is 1.76 bits per heavy atom. The second-order valence-corrected chi connectivity index (χ2v) is 8.62. The molecule has 0 spiro atoms. The monoisotopic (exact) mass is 459 g/mol. The molecule has 1 aromatic heterocycles. The van der Waals surface area contributed by atoms with E-state index in [1.807, 2.05) is 24.3 Å². The average Bonchev–Trinajstić information content (AvgIpc) is 3.30. The third kappa shape index (κ3) is 4.92. The highest BCUT2D eigenvalue weighted by Crippen LogP contribution is 2.35. The van der Waals surface area contributed by atoms with Crippen LogP contribution in [0.25, 0.3) is 33.7 Å². The molecule has 0 unspecified atom stereocenters. The lowest BCUT2D eigenvalue weighted by Gasteiger charge is -2.16. The van der Waals surface area contributed by atoms with E-state index in [1.165, 1.54) is 12.1 Å². The molecule has 3 aromatic carbocycles. The van der Waals surface area contributed by atoms with E-state index in [2.05, 4.69) is 44.1 Å². The standard InChI is InChI=1S/C28H26FNO4/c1-17(2)15-33-16-24-18(3)21(19-7-5-4-6-8-19)11-12-22(24)27-14-26(30-34-27)20-9-10-23(28(31)32)25(29)13-20/h4-14,17H,15-16H2,1-3H3,(H,31,32). The highest BCUT2D eigenvalue weighted by atomic mass is 19.1. The minimum Gasteiger partial charge on any atom is -0.478 e. The van der Waals surface area contributed by atoms with Gasteiger partial charge in [-0.05, 0) is 47.2 Å². The Kier molecular flexibility index (Phi) is 6.89. The number of halogens is 1. The normalized spacial score (nSPS) is 11.2. The molecule has 1 N–H and O–H groups in total. The lowest BCUT2D eigenvalue weighted by atomic mass is 9.92. The lowest BCUT2D eigenvalue weighted by molar-refractivity contribution is 0.0692. The first-order valence-electron chi connectivity index (χ1n) is 11.1. The molecule has 0 radical (unpaired) electrons. The fourth-order valence-corrected chi connectivity index (χ4v) is 3.89. The zero-order valence-corrected chi connectivity index (χ0v) is 19.3. The molecule has 0 aliphatic carbocycles. The molecule has 0 fully saturated rings. The molecule has 6 heteroatoms. The molecule has 0 bridgehead atoms. The van der Waals surface area contributed by atoms with Gasteiger partial charge in [-0.1, -0.05) is 67.5 Å². The van der Waals surface area contributed by atoms with Crippen LogP contribution in [0.2, 0.25) is 0 Å². The number of carbonyl (C=O) groups is 1. The number of rotatable bonds is 8. The Morgan fingerprint density at radius 1 is 1.03 bits per heavy atom. The summed E-state index contributed by atoms with van der Waals surface area (Å²) in [5.74, 6) is -1.20. The SMILES string of the molecule is Cc1c(-c2ccccc2)ccc(-c2cc(-c3ccc(C(=O)O)c(F)c3)no2)c1COCC(C)C. The number of hydrogen-bond acceptors (Lipinski definition) is 4. The maximum atomic E-state index is 14.2. The molecule has 0 aliphatic heterocycles. The Balaban J connectivity index is 1.74. The van der Waals surface area contributed by atoms with E-state index >= 15 is 0 Å². The van der Waals surface area contributed by atoms with E-state index in [0.29, 0.717) is 36.1 Å². The summed E-state index contributed by atoms with van der Waals surface area (Å²) in [7, 11) is 0. The first-order chi connectivity index (χ1) is 16.3. The van der Waals surface area contributed by atoms with Gasteiger partial charge >= 0.3 is 5.97 Å². The van der Waals surface area contributed by atoms with Crippen LogP contribution < -0.4 is 0 Å². The van der Waals surface area contributed by atoms with Crippen molar-refractivity contribution in [1.82, 2.24) is 5.16 Å². The molecule has 0 aliphatic rings. The van der Waals surface area contributed by atoms with E-state index in [-0.39, 0.29) is 5.56 Å². The quantitative estimate of drug-likeness (QED) is 0.307. The van der Waals surface area contributed by atoms with E-state index in [9.17, 15) is 9.18 Å². The predicted octanol–water partition coefficient (Wildman–Crippen LogP) is 6.99. The Bertz CT molecular complexity index is 1310. The summed E-state index contributed by atoms with van der Waals surface area (Å²) in [6.45, 7) is 7.32. The number of hydrogen-bond donors (Lipinski definition) is 1.